The van der Waals surface area contributed by atoms with Crippen LogP contribution in [0.5, 0.6) is 5.88 Å². The van der Waals surface area contributed by atoms with Crippen LogP contribution in [0.3, 0.4) is 0 Å². The van der Waals surface area contributed by atoms with Crippen LogP contribution in [0.1, 0.15) is 24.3 Å². The average molecular weight is 263 g/mol. The predicted molar refractivity (Wildman–Crippen MR) is 74.2 cm³/mol. The van der Waals surface area contributed by atoms with E-state index in [0.29, 0.717) is 11.7 Å². The van der Waals surface area contributed by atoms with Crippen LogP contribution in [-0.4, -0.2) is 16.1 Å². The molecular weight excluding hydrogens is 246 g/mol. The van der Waals surface area contributed by atoms with Gasteiger partial charge in [0.05, 0.1) is 12.6 Å². The molecule has 0 unspecified atom stereocenters. The number of hydrogen-bond donors (Lipinski definition) is 1. The molecule has 5 heteroatoms. The van der Waals surface area contributed by atoms with E-state index in [4.69, 9.17) is 4.74 Å². The zero-order valence-corrected chi connectivity index (χ0v) is 11.6. The van der Waals surface area contributed by atoms with Crippen molar-refractivity contribution >= 4 is 17.2 Å². The second-order valence-electron chi connectivity index (χ2n) is 4.26. The van der Waals surface area contributed by atoms with Crippen molar-refractivity contribution in [2.45, 2.75) is 33.4 Å². The number of nitrogens with one attached hydrogen (secondary N) is 1. The fraction of sp³-hybridized carbons (Fsp3) is 0.385. The van der Waals surface area contributed by atoms with Gasteiger partial charge in [0.2, 0.25) is 0 Å². The van der Waals surface area contributed by atoms with Crippen LogP contribution in [0.25, 0.3) is 0 Å². The molecule has 0 aliphatic heterocycles. The fourth-order valence-electron chi connectivity index (χ4n) is 1.51. The van der Waals surface area contributed by atoms with E-state index in [1.165, 1.54) is 10.4 Å². The lowest BCUT2D eigenvalue weighted by molar-refractivity contribution is 0.233. The van der Waals surface area contributed by atoms with E-state index in [1.54, 1.807) is 23.7 Å². The molecule has 0 atom stereocenters. The van der Waals surface area contributed by atoms with Gasteiger partial charge >= 0.3 is 0 Å². The molecule has 0 spiro atoms. The molecule has 0 bridgehead atoms. The van der Waals surface area contributed by atoms with Gasteiger partial charge in [-0.25, -0.2) is 9.97 Å². The van der Waals surface area contributed by atoms with Crippen molar-refractivity contribution in [3.8, 4) is 5.88 Å². The molecule has 4 nitrogen and oxygen atoms in total. The summed E-state index contributed by atoms with van der Waals surface area (Å²) in [6.45, 7) is 6.80. The van der Waals surface area contributed by atoms with Crippen molar-refractivity contribution in [1.82, 2.24) is 9.97 Å². The van der Waals surface area contributed by atoms with Crippen molar-refractivity contribution in [3.63, 3.8) is 0 Å². The summed E-state index contributed by atoms with van der Waals surface area (Å²) in [5, 5.41) is 5.37. The smallest absolute Gasteiger partial charge is 0.257 e. The Balaban J connectivity index is 2.07. The lowest BCUT2D eigenvalue weighted by Gasteiger charge is -2.12. The van der Waals surface area contributed by atoms with Gasteiger partial charge in [-0.2, -0.15) is 0 Å². The Morgan fingerprint density at radius 2 is 2.11 bits per heavy atom. The van der Waals surface area contributed by atoms with Crippen molar-refractivity contribution in [3.05, 3.63) is 34.3 Å². The summed E-state index contributed by atoms with van der Waals surface area (Å²) in [7, 11) is 0. The molecule has 2 aromatic rings. The summed E-state index contributed by atoms with van der Waals surface area (Å²) in [4.78, 5) is 9.77. The monoisotopic (exact) mass is 263 g/mol. The molecule has 0 radical (unpaired) electrons. The second-order valence-corrected chi connectivity index (χ2v) is 5.26. The van der Waals surface area contributed by atoms with Crippen LogP contribution < -0.4 is 10.1 Å². The number of aryl methyl sites for hydroxylation is 1. The Labute approximate surface area is 111 Å². The number of rotatable bonds is 5. The van der Waals surface area contributed by atoms with Crippen LogP contribution in [0.2, 0.25) is 0 Å². The first kappa shape index (κ1) is 12.8. The molecule has 96 valence electrons. The Morgan fingerprint density at radius 1 is 1.33 bits per heavy atom. The largest absolute Gasteiger partial charge is 0.472 e. The molecule has 2 aromatic heterocycles. The highest BCUT2D eigenvalue weighted by Crippen LogP contribution is 2.22. The Morgan fingerprint density at radius 3 is 2.78 bits per heavy atom. The molecule has 0 amide bonds. The maximum atomic E-state index is 5.61. The normalized spacial score (nSPS) is 10.7. The first-order valence-electron chi connectivity index (χ1n) is 5.91. The number of nitrogens with zero attached hydrogens (tertiary/aromatic N) is 2. The van der Waals surface area contributed by atoms with Crippen LogP contribution in [0.15, 0.2) is 23.8 Å². The third-order valence-corrected chi connectivity index (χ3v) is 3.42. The predicted octanol–water partition coefficient (Wildman–Crippen LogP) is 3.25. The van der Waals surface area contributed by atoms with E-state index >= 15 is 0 Å². The van der Waals surface area contributed by atoms with Crippen molar-refractivity contribution in [2.24, 2.45) is 0 Å². The minimum Gasteiger partial charge on any atom is -0.472 e. The number of hydrogen-bond acceptors (Lipinski definition) is 5. The van der Waals surface area contributed by atoms with Gasteiger partial charge in [-0.3, -0.25) is 0 Å². The molecule has 2 rings (SSSR count). The minimum atomic E-state index is 0.0886. The first-order chi connectivity index (χ1) is 8.66. The van der Waals surface area contributed by atoms with E-state index in [-0.39, 0.29) is 6.10 Å². The number of aromatic nitrogens is 2. The van der Waals surface area contributed by atoms with Gasteiger partial charge in [-0.05, 0) is 37.8 Å². The molecule has 0 fully saturated rings. The van der Waals surface area contributed by atoms with E-state index in [2.05, 4.69) is 33.7 Å². The van der Waals surface area contributed by atoms with Gasteiger partial charge < -0.3 is 10.1 Å². The van der Waals surface area contributed by atoms with E-state index in [9.17, 15) is 0 Å². The van der Waals surface area contributed by atoms with Gasteiger partial charge in [0.25, 0.3) is 5.88 Å². The second kappa shape index (κ2) is 5.82. The van der Waals surface area contributed by atoms with Crippen LogP contribution >= 0.6 is 11.3 Å². The molecule has 0 aliphatic carbocycles. The zero-order chi connectivity index (χ0) is 13.0. The average Bonchev–Trinajstić information content (AvgIpc) is 2.73. The maximum Gasteiger partial charge on any atom is 0.257 e. The number of thiophene rings is 1. The summed E-state index contributed by atoms with van der Waals surface area (Å²) >= 11 is 1.74. The van der Waals surface area contributed by atoms with Crippen molar-refractivity contribution < 1.29 is 4.74 Å². The Bertz CT molecular complexity index is 510. The first-order valence-corrected chi connectivity index (χ1v) is 6.79. The van der Waals surface area contributed by atoms with E-state index in [0.717, 1.165) is 6.54 Å². The number of anilines is 1. The molecule has 0 saturated heterocycles. The van der Waals surface area contributed by atoms with E-state index in [1.807, 2.05) is 13.8 Å². The zero-order valence-electron chi connectivity index (χ0n) is 10.8. The van der Waals surface area contributed by atoms with Gasteiger partial charge in [-0.1, -0.05) is 0 Å². The van der Waals surface area contributed by atoms with Crippen LogP contribution in [0.4, 0.5) is 5.82 Å². The molecule has 0 aromatic carbocycles. The fourth-order valence-corrected chi connectivity index (χ4v) is 2.35. The van der Waals surface area contributed by atoms with Gasteiger partial charge in [0.15, 0.2) is 5.82 Å². The van der Waals surface area contributed by atoms with Gasteiger partial charge in [-0.15, -0.1) is 11.3 Å². The molecule has 0 saturated carbocycles. The topological polar surface area (TPSA) is 47.0 Å². The molecule has 0 aliphatic rings. The summed E-state index contributed by atoms with van der Waals surface area (Å²) in [6.07, 6.45) is 3.39. The highest BCUT2D eigenvalue weighted by Gasteiger charge is 2.08. The summed E-state index contributed by atoms with van der Waals surface area (Å²) in [6, 6.07) is 2.11. The van der Waals surface area contributed by atoms with Crippen LogP contribution in [-0.2, 0) is 6.54 Å². The Kier molecular flexibility index (Phi) is 4.15. The summed E-state index contributed by atoms with van der Waals surface area (Å²) in [5.41, 5.74) is 1.29. The van der Waals surface area contributed by atoms with E-state index < -0.39 is 0 Å². The van der Waals surface area contributed by atoms with Crippen molar-refractivity contribution in [1.29, 1.82) is 0 Å². The highest BCUT2D eigenvalue weighted by atomic mass is 32.1. The third kappa shape index (κ3) is 3.20. The highest BCUT2D eigenvalue weighted by molar-refractivity contribution is 7.10. The van der Waals surface area contributed by atoms with Crippen molar-refractivity contribution in [2.75, 3.05) is 5.32 Å². The van der Waals surface area contributed by atoms with Gasteiger partial charge in [0, 0.05) is 17.3 Å². The summed E-state index contributed by atoms with van der Waals surface area (Å²) in [5.74, 6) is 1.25. The summed E-state index contributed by atoms with van der Waals surface area (Å²) < 4.78 is 5.61. The van der Waals surface area contributed by atoms with Gasteiger partial charge in [0.1, 0.15) is 0 Å². The quantitative estimate of drug-likeness (QED) is 0.899. The maximum absolute atomic E-state index is 5.61. The SMILES string of the molecule is Cc1ccsc1CNc1nccnc1OC(C)C. The molecule has 1 N–H and O–H groups in total. The lowest BCUT2D eigenvalue weighted by atomic mass is 10.3. The molecule has 2 heterocycles. The third-order valence-electron chi connectivity index (χ3n) is 2.40. The standard InChI is InChI=1S/C13H17N3OS/c1-9(2)17-13-12(14-5-6-15-13)16-8-11-10(3)4-7-18-11/h4-7,9H,8H2,1-3H3,(H,14,16). The number of ether oxygens (including phenoxy) is 1. The molecular formula is C13H17N3OS. The molecule has 18 heavy (non-hydrogen) atoms. The lowest BCUT2D eigenvalue weighted by Crippen LogP contribution is -2.11. The van der Waals surface area contributed by atoms with Crippen LogP contribution in [0, 0.1) is 6.92 Å². The Hall–Kier alpha value is -1.62. The minimum absolute atomic E-state index is 0.0886.